The lowest BCUT2D eigenvalue weighted by molar-refractivity contribution is -0.147. The molecule has 1 aromatic rings. The van der Waals surface area contributed by atoms with Gasteiger partial charge in [0.1, 0.15) is 0 Å². The molecule has 1 N–H and O–H groups in total. The van der Waals surface area contributed by atoms with E-state index in [1.807, 2.05) is 42.5 Å². The number of carboxylic acids is 1. The molecular weight excluding hydrogens is 200 g/mol. The molecule has 86 valence electrons. The fourth-order valence-electron chi connectivity index (χ4n) is 1.33. The third-order valence-corrected chi connectivity index (χ3v) is 2.62. The largest absolute Gasteiger partial charge is 0.481 e. The van der Waals surface area contributed by atoms with E-state index in [4.69, 9.17) is 5.11 Å². The SMILES string of the molecule is CC(C)(CC/C=C/c1ccccc1)C(=O)O. The molecule has 0 fully saturated rings. The summed E-state index contributed by atoms with van der Waals surface area (Å²) in [5.74, 6) is -0.736. The van der Waals surface area contributed by atoms with Gasteiger partial charge in [0.25, 0.3) is 0 Å². The summed E-state index contributed by atoms with van der Waals surface area (Å²) in [6.45, 7) is 3.51. The molecule has 0 spiro atoms. The molecule has 2 heteroatoms. The molecule has 0 aliphatic rings. The molecule has 0 aromatic heterocycles. The molecule has 0 aliphatic carbocycles. The number of benzene rings is 1. The molecule has 0 amide bonds. The number of aliphatic carboxylic acids is 1. The second kappa shape index (κ2) is 5.50. The van der Waals surface area contributed by atoms with Crippen molar-refractivity contribution in [2.45, 2.75) is 26.7 Å². The fraction of sp³-hybridized carbons (Fsp3) is 0.357. The Hall–Kier alpha value is -1.57. The highest BCUT2D eigenvalue weighted by molar-refractivity contribution is 5.73. The van der Waals surface area contributed by atoms with Crippen LogP contribution in [0.2, 0.25) is 0 Å². The quantitative estimate of drug-likeness (QED) is 0.820. The Balaban J connectivity index is 2.42. The van der Waals surface area contributed by atoms with Gasteiger partial charge in [0.15, 0.2) is 0 Å². The maximum Gasteiger partial charge on any atom is 0.309 e. The van der Waals surface area contributed by atoms with Crippen molar-refractivity contribution in [2.24, 2.45) is 5.41 Å². The zero-order chi connectivity index (χ0) is 12.0. The van der Waals surface area contributed by atoms with Gasteiger partial charge in [-0.25, -0.2) is 0 Å². The van der Waals surface area contributed by atoms with Crippen LogP contribution < -0.4 is 0 Å². The molecule has 0 unspecified atom stereocenters. The van der Waals surface area contributed by atoms with Gasteiger partial charge >= 0.3 is 5.97 Å². The lowest BCUT2D eigenvalue weighted by Gasteiger charge is -2.17. The molecule has 1 rings (SSSR count). The van der Waals surface area contributed by atoms with Crippen molar-refractivity contribution in [1.82, 2.24) is 0 Å². The first kappa shape index (κ1) is 12.5. The van der Waals surface area contributed by atoms with Crippen molar-refractivity contribution in [3.8, 4) is 0 Å². The highest BCUT2D eigenvalue weighted by atomic mass is 16.4. The third kappa shape index (κ3) is 3.89. The van der Waals surface area contributed by atoms with E-state index in [-0.39, 0.29) is 0 Å². The minimum absolute atomic E-state index is 0.638. The molecule has 1 aromatic carbocycles. The van der Waals surface area contributed by atoms with Crippen molar-refractivity contribution >= 4 is 12.0 Å². The van der Waals surface area contributed by atoms with Gasteiger partial charge in [-0.2, -0.15) is 0 Å². The lowest BCUT2D eigenvalue weighted by Crippen LogP contribution is -2.22. The average Bonchev–Trinajstić information content (AvgIpc) is 2.26. The number of rotatable bonds is 5. The summed E-state index contributed by atoms with van der Waals surface area (Å²) in [5.41, 5.74) is 0.511. The van der Waals surface area contributed by atoms with E-state index in [9.17, 15) is 4.79 Å². The Bertz CT molecular complexity index is 364. The molecule has 16 heavy (non-hydrogen) atoms. The zero-order valence-electron chi connectivity index (χ0n) is 9.81. The van der Waals surface area contributed by atoms with Gasteiger partial charge in [0.05, 0.1) is 5.41 Å². The van der Waals surface area contributed by atoms with Crippen molar-refractivity contribution in [3.63, 3.8) is 0 Å². The van der Waals surface area contributed by atoms with Crippen LogP contribution >= 0.6 is 0 Å². The minimum atomic E-state index is -0.736. The number of hydrogen-bond acceptors (Lipinski definition) is 1. The first-order chi connectivity index (χ1) is 7.52. The number of carboxylic acid groups (broad SMARTS) is 1. The van der Waals surface area contributed by atoms with E-state index in [2.05, 4.69) is 0 Å². The van der Waals surface area contributed by atoms with Crippen LogP contribution in [0, 0.1) is 5.41 Å². The summed E-state index contributed by atoms with van der Waals surface area (Å²) < 4.78 is 0. The van der Waals surface area contributed by atoms with Crippen molar-refractivity contribution in [3.05, 3.63) is 42.0 Å². The Labute approximate surface area is 96.6 Å². The van der Waals surface area contributed by atoms with Gasteiger partial charge in [0.2, 0.25) is 0 Å². The maximum atomic E-state index is 10.9. The highest BCUT2D eigenvalue weighted by Gasteiger charge is 2.25. The summed E-state index contributed by atoms with van der Waals surface area (Å²) in [7, 11) is 0. The molecule has 0 heterocycles. The molecular formula is C14H18O2. The van der Waals surface area contributed by atoms with E-state index in [0.29, 0.717) is 6.42 Å². The van der Waals surface area contributed by atoms with Crippen LogP contribution in [0.4, 0.5) is 0 Å². The summed E-state index contributed by atoms with van der Waals surface area (Å²) in [5, 5.41) is 8.93. The van der Waals surface area contributed by atoms with Crippen LogP contribution in [-0.4, -0.2) is 11.1 Å². The monoisotopic (exact) mass is 218 g/mol. The fourth-order valence-corrected chi connectivity index (χ4v) is 1.33. The molecule has 2 nitrogen and oxygen atoms in total. The van der Waals surface area contributed by atoms with E-state index < -0.39 is 11.4 Å². The van der Waals surface area contributed by atoms with E-state index in [1.54, 1.807) is 13.8 Å². The van der Waals surface area contributed by atoms with Gasteiger partial charge in [-0.05, 0) is 32.3 Å². The predicted molar refractivity (Wildman–Crippen MR) is 66.1 cm³/mol. The second-order valence-corrected chi connectivity index (χ2v) is 4.54. The van der Waals surface area contributed by atoms with Crippen LogP contribution in [0.15, 0.2) is 36.4 Å². The van der Waals surface area contributed by atoms with Crippen molar-refractivity contribution in [1.29, 1.82) is 0 Å². The number of carbonyl (C=O) groups is 1. The van der Waals surface area contributed by atoms with Gasteiger partial charge < -0.3 is 5.11 Å². The number of hydrogen-bond donors (Lipinski definition) is 1. The van der Waals surface area contributed by atoms with Crippen LogP contribution in [0.5, 0.6) is 0 Å². The first-order valence-electron chi connectivity index (χ1n) is 5.47. The molecule has 0 atom stereocenters. The van der Waals surface area contributed by atoms with Gasteiger partial charge in [-0.3, -0.25) is 4.79 Å². The standard InChI is InChI=1S/C14H18O2/c1-14(2,13(15)16)11-7-6-10-12-8-4-3-5-9-12/h3-6,8-10H,7,11H2,1-2H3,(H,15,16)/b10-6+. The maximum absolute atomic E-state index is 10.9. The summed E-state index contributed by atoms with van der Waals surface area (Å²) in [6, 6.07) is 10.0. The Morgan fingerprint density at radius 1 is 1.31 bits per heavy atom. The molecule has 0 saturated heterocycles. The lowest BCUT2D eigenvalue weighted by atomic mass is 9.88. The van der Waals surface area contributed by atoms with Crippen molar-refractivity contribution in [2.75, 3.05) is 0 Å². The van der Waals surface area contributed by atoms with Gasteiger partial charge in [-0.15, -0.1) is 0 Å². The second-order valence-electron chi connectivity index (χ2n) is 4.54. The predicted octanol–water partition coefficient (Wildman–Crippen LogP) is 3.59. The van der Waals surface area contributed by atoms with E-state index in [0.717, 1.165) is 12.0 Å². The topological polar surface area (TPSA) is 37.3 Å². The Kier molecular flexibility index (Phi) is 4.29. The number of allylic oxidation sites excluding steroid dienone is 1. The molecule has 0 radical (unpaired) electrons. The highest BCUT2D eigenvalue weighted by Crippen LogP contribution is 2.22. The smallest absolute Gasteiger partial charge is 0.309 e. The van der Waals surface area contributed by atoms with Gasteiger partial charge in [-0.1, -0.05) is 42.5 Å². The molecule has 0 bridgehead atoms. The van der Waals surface area contributed by atoms with Gasteiger partial charge in [0, 0.05) is 0 Å². The summed E-state index contributed by atoms with van der Waals surface area (Å²) >= 11 is 0. The van der Waals surface area contributed by atoms with E-state index >= 15 is 0 Å². The third-order valence-electron chi connectivity index (χ3n) is 2.62. The Morgan fingerprint density at radius 3 is 2.50 bits per heavy atom. The molecule has 0 aliphatic heterocycles. The first-order valence-corrected chi connectivity index (χ1v) is 5.47. The normalized spacial score (nSPS) is 11.9. The van der Waals surface area contributed by atoms with Crippen LogP contribution in [0.3, 0.4) is 0 Å². The molecule has 0 saturated carbocycles. The van der Waals surface area contributed by atoms with Crippen molar-refractivity contribution < 1.29 is 9.90 Å². The van der Waals surface area contributed by atoms with Crippen LogP contribution in [-0.2, 0) is 4.79 Å². The zero-order valence-corrected chi connectivity index (χ0v) is 9.81. The summed E-state index contributed by atoms with van der Waals surface area (Å²) in [4.78, 5) is 10.9. The Morgan fingerprint density at radius 2 is 1.94 bits per heavy atom. The minimum Gasteiger partial charge on any atom is -0.481 e. The summed E-state index contributed by atoms with van der Waals surface area (Å²) in [6.07, 6.45) is 5.50. The van der Waals surface area contributed by atoms with Crippen LogP contribution in [0.25, 0.3) is 6.08 Å². The average molecular weight is 218 g/mol. The van der Waals surface area contributed by atoms with E-state index in [1.165, 1.54) is 0 Å². The van der Waals surface area contributed by atoms with Crippen LogP contribution in [0.1, 0.15) is 32.3 Å².